The van der Waals surface area contributed by atoms with Gasteiger partial charge in [0.2, 0.25) is 11.8 Å². The molecule has 1 fully saturated rings. The monoisotopic (exact) mass is 247 g/mol. The number of nitrogens with one attached hydrogen (secondary N) is 1. The molecule has 0 aromatic heterocycles. The van der Waals surface area contributed by atoms with Gasteiger partial charge in [-0.05, 0) is 0 Å². The highest BCUT2D eigenvalue weighted by atomic mass is 35.5. The van der Waals surface area contributed by atoms with Crippen molar-refractivity contribution < 1.29 is 9.59 Å². The van der Waals surface area contributed by atoms with Crippen LogP contribution in [0.1, 0.15) is 6.42 Å². The molecule has 1 aliphatic heterocycles. The fourth-order valence-corrected chi connectivity index (χ4v) is 1.84. The van der Waals surface area contributed by atoms with Crippen LogP contribution in [0.3, 0.4) is 0 Å². The van der Waals surface area contributed by atoms with Gasteiger partial charge in [0.15, 0.2) is 0 Å². The van der Waals surface area contributed by atoms with Crippen molar-refractivity contribution in [3.05, 3.63) is 0 Å². The van der Waals surface area contributed by atoms with Crippen LogP contribution in [-0.2, 0) is 9.59 Å². The summed E-state index contributed by atoms with van der Waals surface area (Å²) in [5.74, 6) is 0.493. The van der Waals surface area contributed by atoms with E-state index in [1.807, 2.05) is 9.80 Å². The molecule has 1 N–H and O–H groups in total. The molecule has 2 amide bonds. The second-order valence-corrected chi connectivity index (χ2v) is 4.15. The minimum Gasteiger partial charge on any atom is -0.358 e. The lowest BCUT2D eigenvalue weighted by Gasteiger charge is -2.34. The first-order chi connectivity index (χ1) is 7.67. The van der Waals surface area contributed by atoms with Gasteiger partial charge in [0, 0.05) is 45.5 Å². The molecule has 0 bridgehead atoms. The second kappa shape index (κ2) is 6.70. The standard InChI is InChI=1S/C10H18ClN3O2/c1-12-9(15)8-13-4-6-14(7-5-13)10(16)2-3-11/h2-8H2,1H3,(H,12,15). The first-order valence-electron chi connectivity index (χ1n) is 5.44. The van der Waals surface area contributed by atoms with Crippen LogP contribution in [0.4, 0.5) is 0 Å². The molecule has 5 nitrogen and oxygen atoms in total. The lowest BCUT2D eigenvalue weighted by Crippen LogP contribution is -2.50. The van der Waals surface area contributed by atoms with Crippen molar-refractivity contribution in [2.45, 2.75) is 6.42 Å². The molecule has 0 saturated carbocycles. The Balaban J connectivity index is 2.28. The van der Waals surface area contributed by atoms with E-state index < -0.39 is 0 Å². The highest BCUT2D eigenvalue weighted by molar-refractivity contribution is 6.18. The molecular formula is C10H18ClN3O2. The maximum absolute atomic E-state index is 11.5. The van der Waals surface area contributed by atoms with Gasteiger partial charge in [0.05, 0.1) is 6.54 Å². The number of hydrogen-bond donors (Lipinski definition) is 1. The smallest absolute Gasteiger partial charge is 0.233 e. The zero-order valence-electron chi connectivity index (χ0n) is 9.54. The SMILES string of the molecule is CNC(=O)CN1CCN(C(=O)CCCl)CC1. The Hall–Kier alpha value is -0.810. The number of rotatable bonds is 4. The zero-order valence-corrected chi connectivity index (χ0v) is 10.3. The molecule has 0 atom stereocenters. The lowest BCUT2D eigenvalue weighted by molar-refractivity contribution is -0.132. The second-order valence-electron chi connectivity index (χ2n) is 3.77. The Bertz CT molecular complexity index is 252. The molecule has 1 saturated heterocycles. The molecule has 0 aromatic rings. The molecule has 1 rings (SSSR count). The van der Waals surface area contributed by atoms with Crippen molar-refractivity contribution >= 4 is 23.4 Å². The van der Waals surface area contributed by atoms with E-state index in [-0.39, 0.29) is 11.8 Å². The minimum atomic E-state index is 0.0144. The van der Waals surface area contributed by atoms with Gasteiger partial charge in [-0.2, -0.15) is 0 Å². The summed E-state index contributed by atoms with van der Waals surface area (Å²) in [6.07, 6.45) is 0.400. The molecule has 0 spiro atoms. The third kappa shape index (κ3) is 3.98. The van der Waals surface area contributed by atoms with Crippen LogP contribution in [0.5, 0.6) is 0 Å². The quantitative estimate of drug-likeness (QED) is 0.682. The maximum Gasteiger partial charge on any atom is 0.233 e. The van der Waals surface area contributed by atoms with E-state index in [1.54, 1.807) is 7.05 Å². The third-order valence-corrected chi connectivity index (χ3v) is 2.87. The molecule has 0 radical (unpaired) electrons. The van der Waals surface area contributed by atoms with Crippen molar-refractivity contribution in [2.24, 2.45) is 0 Å². The number of likely N-dealkylation sites (N-methyl/N-ethyl adjacent to an activating group) is 1. The van der Waals surface area contributed by atoms with Crippen molar-refractivity contribution in [2.75, 3.05) is 45.7 Å². The fourth-order valence-electron chi connectivity index (χ4n) is 1.68. The number of nitrogens with zero attached hydrogens (tertiary/aromatic N) is 2. The largest absolute Gasteiger partial charge is 0.358 e. The normalized spacial score (nSPS) is 17.2. The van der Waals surface area contributed by atoms with E-state index in [0.717, 1.165) is 13.1 Å². The predicted octanol–water partition coefficient (Wildman–Crippen LogP) is -0.494. The van der Waals surface area contributed by atoms with E-state index in [4.69, 9.17) is 11.6 Å². The summed E-state index contributed by atoms with van der Waals surface area (Å²) >= 11 is 5.52. The number of alkyl halides is 1. The van der Waals surface area contributed by atoms with Crippen molar-refractivity contribution in [1.29, 1.82) is 0 Å². The summed E-state index contributed by atoms with van der Waals surface area (Å²) in [5.41, 5.74) is 0. The van der Waals surface area contributed by atoms with E-state index >= 15 is 0 Å². The van der Waals surface area contributed by atoms with Crippen LogP contribution in [0.25, 0.3) is 0 Å². The molecule has 1 heterocycles. The van der Waals surface area contributed by atoms with Gasteiger partial charge in [-0.1, -0.05) is 0 Å². The highest BCUT2D eigenvalue weighted by Gasteiger charge is 2.21. The Labute approximate surface area is 101 Å². The van der Waals surface area contributed by atoms with Gasteiger partial charge in [-0.15, -0.1) is 11.6 Å². The van der Waals surface area contributed by atoms with Crippen molar-refractivity contribution in [3.8, 4) is 0 Å². The Morgan fingerprint density at radius 3 is 2.38 bits per heavy atom. The number of carbonyl (C=O) groups is 2. The van der Waals surface area contributed by atoms with Crippen molar-refractivity contribution in [3.63, 3.8) is 0 Å². The van der Waals surface area contributed by atoms with Crippen LogP contribution in [0.2, 0.25) is 0 Å². The molecule has 1 aliphatic rings. The number of amides is 2. The van der Waals surface area contributed by atoms with Crippen LogP contribution >= 0.6 is 11.6 Å². The first-order valence-corrected chi connectivity index (χ1v) is 5.97. The van der Waals surface area contributed by atoms with E-state index in [2.05, 4.69) is 5.32 Å². The minimum absolute atomic E-state index is 0.0144. The topological polar surface area (TPSA) is 52.7 Å². The average Bonchev–Trinajstić information content (AvgIpc) is 2.30. The number of hydrogen-bond acceptors (Lipinski definition) is 3. The molecule has 0 aromatic carbocycles. The van der Waals surface area contributed by atoms with E-state index in [1.165, 1.54) is 0 Å². The van der Waals surface area contributed by atoms with Crippen LogP contribution < -0.4 is 5.32 Å². The molecular weight excluding hydrogens is 230 g/mol. The average molecular weight is 248 g/mol. The summed E-state index contributed by atoms with van der Waals surface area (Å²) in [6, 6.07) is 0. The van der Waals surface area contributed by atoms with Gasteiger partial charge in [-0.25, -0.2) is 0 Å². The maximum atomic E-state index is 11.5. The lowest BCUT2D eigenvalue weighted by atomic mass is 10.3. The molecule has 0 unspecified atom stereocenters. The van der Waals surface area contributed by atoms with Gasteiger partial charge in [0.1, 0.15) is 0 Å². The molecule has 92 valence electrons. The Morgan fingerprint density at radius 1 is 1.25 bits per heavy atom. The summed E-state index contributed by atoms with van der Waals surface area (Å²) in [7, 11) is 1.63. The summed E-state index contributed by atoms with van der Waals surface area (Å²) in [4.78, 5) is 26.5. The Kier molecular flexibility index (Phi) is 5.55. The summed E-state index contributed by atoms with van der Waals surface area (Å²) in [6.45, 7) is 3.29. The van der Waals surface area contributed by atoms with E-state index in [9.17, 15) is 9.59 Å². The van der Waals surface area contributed by atoms with Gasteiger partial charge < -0.3 is 10.2 Å². The number of piperazine rings is 1. The van der Waals surface area contributed by atoms with Crippen LogP contribution in [0, 0.1) is 0 Å². The van der Waals surface area contributed by atoms with Gasteiger partial charge in [0.25, 0.3) is 0 Å². The predicted molar refractivity (Wildman–Crippen MR) is 62.4 cm³/mol. The fraction of sp³-hybridized carbons (Fsp3) is 0.800. The zero-order chi connectivity index (χ0) is 12.0. The molecule has 0 aliphatic carbocycles. The first kappa shape index (κ1) is 13.3. The number of carbonyl (C=O) groups excluding carboxylic acids is 2. The van der Waals surface area contributed by atoms with E-state index in [0.29, 0.717) is 31.9 Å². The highest BCUT2D eigenvalue weighted by Crippen LogP contribution is 2.04. The van der Waals surface area contributed by atoms with Crippen molar-refractivity contribution in [1.82, 2.24) is 15.1 Å². The van der Waals surface area contributed by atoms with Gasteiger partial charge in [-0.3, -0.25) is 14.5 Å². The number of halogens is 1. The summed E-state index contributed by atoms with van der Waals surface area (Å²) < 4.78 is 0. The summed E-state index contributed by atoms with van der Waals surface area (Å²) in [5, 5.41) is 2.59. The molecule has 6 heteroatoms. The van der Waals surface area contributed by atoms with Gasteiger partial charge >= 0.3 is 0 Å². The third-order valence-electron chi connectivity index (χ3n) is 2.68. The van der Waals surface area contributed by atoms with Crippen LogP contribution in [0.15, 0.2) is 0 Å². The Morgan fingerprint density at radius 2 is 1.88 bits per heavy atom. The molecule has 16 heavy (non-hydrogen) atoms. The van der Waals surface area contributed by atoms with Crippen LogP contribution in [-0.4, -0.2) is 67.3 Å².